The van der Waals surface area contributed by atoms with Crippen molar-refractivity contribution >= 4 is 11.0 Å². The second-order valence-electron chi connectivity index (χ2n) is 6.70. The summed E-state index contributed by atoms with van der Waals surface area (Å²) in [5.74, 6) is 1.38. The minimum absolute atomic E-state index is 0.496. The maximum absolute atomic E-state index is 9.29. The van der Waals surface area contributed by atoms with Gasteiger partial charge in [-0.15, -0.1) is 0 Å². The maximum Gasteiger partial charge on any atom is 0.145 e. The minimum atomic E-state index is 0.496. The summed E-state index contributed by atoms with van der Waals surface area (Å²) < 4.78 is 2.13. The number of hydrogen-bond acceptors (Lipinski definition) is 2. The average molecular weight is 337 g/mol. The molecule has 3 nitrogen and oxygen atoms in total. The van der Waals surface area contributed by atoms with Crippen molar-refractivity contribution in [3.05, 3.63) is 83.9 Å². The zero-order chi connectivity index (χ0) is 18.1. The number of hydrogen-bond donors (Lipinski definition) is 0. The normalized spacial score (nSPS) is 11.0. The van der Waals surface area contributed by atoms with Crippen LogP contribution in [0.5, 0.6) is 0 Å². The highest BCUT2D eigenvalue weighted by Gasteiger charge is 2.15. The molecule has 0 radical (unpaired) electrons. The molecular formula is C23H19N3. The average Bonchev–Trinajstić information content (AvgIpc) is 3.07. The van der Waals surface area contributed by atoms with Crippen LogP contribution in [0.25, 0.3) is 28.1 Å². The van der Waals surface area contributed by atoms with Gasteiger partial charge in [0.2, 0.25) is 0 Å². The molecule has 0 spiro atoms. The van der Waals surface area contributed by atoms with E-state index in [0.717, 1.165) is 28.1 Å². The lowest BCUT2D eigenvalue weighted by Crippen LogP contribution is -1.98. The highest BCUT2D eigenvalue weighted by atomic mass is 15.1. The number of aromatic nitrogens is 2. The molecule has 4 rings (SSSR count). The van der Waals surface area contributed by atoms with Crippen LogP contribution in [-0.4, -0.2) is 9.55 Å². The third-order valence-electron chi connectivity index (χ3n) is 4.63. The first-order valence-electron chi connectivity index (χ1n) is 8.76. The molecule has 26 heavy (non-hydrogen) atoms. The van der Waals surface area contributed by atoms with Crippen LogP contribution >= 0.6 is 0 Å². The predicted molar refractivity (Wildman–Crippen MR) is 105 cm³/mol. The summed E-state index contributed by atoms with van der Waals surface area (Å²) >= 11 is 0. The fourth-order valence-corrected chi connectivity index (χ4v) is 3.19. The van der Waals surface area contributed by atoms with Crippen molar-refractivity contribution in [3.63, 3.8) is 0 Å². The van der Waals surface area contributed by atoms with Gasteiger partial charge in [0.05, 0.1) is 22.7 Å². The summed E-state index contributed by atoms with van der Waals surface area (Å²) in [4.78, 5) is 4.86. The van der Waals surface area contributed by atoms with Gasteiger partial charge in [-0.1, -0.05) is 56.3 Å². The second-order valence-corrected chi connectivity index (χ2v) is 6.70. The van der Waals surface area contributed by atoms with E-state index in [1.807, 2.05) is 36.4 Å². The largest absolute Gasteiger partial charge is 0.292 e. The van der Waals surface area contributed by atoms with Crippen molar-refractivity contribution in [1.29, 1.82) is 5.26 Å². The molecule has 0 N–H and O–H groups in total. The van der Waals surface area contributed by atoms with Crippen LogP contribution in [-0.2, 0) is 0 Å². The lowest BCUT2D eigenvalue weighted by Gasteiger charge is -2.11. The summed E-state index contributed by atoms with van der Waals surface area (Å²) in [7, 11) is 0. The van der Waals surface area contributed by atoms with E-state index in [9.17, 15) is 5.26 Å². The Bertz CT molecular complexity index is 1100. The first kappa shape index (κ1) is 16.1. The second kappa shape index (κ2) is 6.50. The van der Waals surface area contributed by atoms with Crippen LogP contribution in [0.1, 0.15) is 30.9 Å². The number of rotatable bonds is 3. The Hall–Kier alpha value is -3.38. The molecule has 126 valence electrons. The fourth-order valence-electron chi connectivity index (χ4n) is 3.19. The number of benzene rings is 3. The lowest BCUT2D eigenvalue weighted by atomic mass is 10.0. The Balaban J connectivity index is 1.98. The van der Waals surface area contributed by atoms with Crippen molar-refractivity contribution in [2.45, 2.75) is 19.8 Å². The molecule has 0 aliphatic rings. The minimum Gasteiger partial charge on any atom is -0.292 e. The monoisotopic (exact) mass is 337 g/mol. The summed E-state index contributed by atoms with van der Waals surface area (Å²) in [6, 6.07) is 26.6. The lowest BCUT2D eigenvalue weighted by molar-refractivity contribution is 0.867. The molecule has 0 atom stereocenters. The van der Waals surface area contributed by atoms with Crippen molar-refractivity contribution in [2.24, 2.45) is 0 Å². The van der Waals surface area contributed by atoms with E-state index in [0.29, 0.717) is 11.5 Å². The molecule has 1 aromatic heterocycles. The first-order valence-corrected chi connectivity index (χ1v) is 8.76. The number of nitrogens with zero attached hydrogens (tertiary/aromatic N) is 3. The molecule has 0 amide bonds. The summed E-state index contributed by atoms with van der Waals surface area (Å²) in [5.41, 5.74) is 5.87. The van der Waals surface area contributed by atoms with E-state index in [4.69, 9.17) is 4.98 Å². The van der Waals surface area contributed by atoms with Gasteiger partial charge in [0.1, 0.15) is 5.82 Å². The number of nitriles is 1. The highest BCUT2D eigenvalue weighted by Crippen LogP contribution is 2.30. The van der Waals surface area contributed by atoms with Crippen molar-refractivity contribution in [2.75, 3.05) is 0 Å². The van der Waals surface area contributed by atoms with E-state index in [1.165, 1.54) is 5.56 Å². The predicted octanol–water partition coefficient (Wildman–Crippen LogP) is 5.69. The molecule has 0 bridgehead atoms. The van der Waals surface area contributed by atoms with E-state index in [2.05, 4.69) is 60.9 Å². The smallest absolute Gasteiger partial charge is 0.145 e. The SMILES string of the molecule is CC(C)c1ccc(-c2nc3ccc(C#N)cc3n2-c2ccccc2)cc1. The molecule has 0 aliphatic heterocycles. The number of para-hydroxylation sites is 1. The molecular weight excluding hydrogens is 318 g/mol. The van der Waals surface area contributed by atoms with Gasteiger partial charge in [0.15, 0.2) is 0 Å². The Morgan fingerprint density at radius 1 is 0.923 bits per heavy atom. The molecule has 3 aromatic carbocycles. The van der Waals surface area contributed by atoms with Gasteiger partial charge >= 0.3 is 0 Å². The molecule has 0 saturated heterocycles. The van der Waals surface area contributed by atoms with Crippen molar-refractivity contribution in [3.8, 4) is 23.1 Å². The molecule has 0 fully saturated rings. The Morgan fingerprint density at radius 2 is 1.65 bits per heavy atom. The summed E-state index contributed by atoms with van der Waals surface area (Å²) in [6.45, 7) is 4.38. The van der Waals surface area contributed by atoms with Gasteiger partial charge in [0, 0.05) is 11.3 Å². The summed E-state index contributed by atoms with van der Waals surface area (Å²) in [6.07, 6.45) is 0. The molecule has 0 saturated carbocycles. The van der Waals surface area contributed by atoms with E-state index in [-0.39, 0.29) is 0 Å². The fraction of sp³-hybridized carbons (Fsp3) is 0.130. The zero-order valence-corrected chi connectivity index (χ0v) is 14.8. The Kier molecular flexibility index (Phi) is 4.02. The van der Waals surface area contributed by atoms with E-state index < -0.39 is 0 Å². The van der Waals surface area contributed by atoms with Gasteiger partial charge in [-0.2, -0.15) is 5.26 Å². The Labute approximate surface area is 153 Å². The van der Waals surface area contributed by atoms with Gasteiger partial charge in [-0.05, 0) is 41.8 Å². The topological polar surface area (TPSA) is 41.6 Å². The molecule has 0 unspecified atom stereocenters. The van der Waals surface area contributed by atoms with Gasteiger partial charge in [-0.25, -0.2) is 4.98 Å². The quantitative estimate of drug-likeness (QED) is 0.482. The maximum atomic E-state index is 9.29. The molecule has 1 heterocycles. The van der Waals surface area contributed by atoms with Gasteiger partial charge in [0.25, 0.3) is 0 Å². The van der Waals surface area contributed by atoms with Crippen LogP contribution in [0, 0.1) is 11.3 Å². The van der Waals surface area contributed by atoms with Crippen LogP contribution in [0.4, 0.5) is 0 Å². The van der Waals surface area contributed by atoms with Crippen LogP contribution in [0.3, 0.4) is 0 Å². The van der Waals surface area contributed by atoms with Crippen LogP contribution < -0.4 is 0 Å². The Morgan fingerprint density at radius 3 is 2.31 bits per heavy atom. The first-order chi connectivity index (χ1) is 12.7. The molecule has 3 heteroatoms. The molecule has 4 aromatic rings. The molecule has 0 aliphatic carbocycles. The van der Waals surface area contributed by atoms with E-state index >= 15 is 0 Å². The van der Waals surface area contributed by atoms with Gasteiger partial charge in [-0.3, -0.25) is 4.57 Å². The van der Waals surface area contributed by atoms with Crippen LogP contribution in [0.2, 0.25) is 0 Å². The number of imidazole rings is 1. The van der Waals surface area contributed by atoms with Crippen molar-refractivity contribution < 1.29 is 0 Å². The third kappa shape index (κ3) is 2.76. The highest BCUT2D eigenvalue weighted by molar-refractivity contribution is 5.84. The van der Waals surface area contributed by atoms with Crippen LogP contribution in [0.15, 0.2) is 72.8 Å². The number of fused-ring (bicyclic) bond motifs is 1. The zero-order valence-electron chi connectivity index (χ0n) is 14.8. The van der Waals surface area contributed by atoms with E-state index in [1.54, 1.807) is 0 Å². The van der Waals surface area contributed by atoms with Gasteiger partial charge < -0.3 is 0 Å². The summed E-state index contributed by atoms with van der Waals surface area (Å²) in [5, 5.41) is 9.29. The third-order valence-corrected chi connectivity index (χ3v) is 4.63. The van der Waals surface area contributed by atoms with Crippen molar-refractivity contribution in [1.82, 2.24) is 9.55 Å². The standard InChI is InChI=1S/C23H19N3/c1-16(2)18-9-11-19(12-10-18)23-25-21-13-8-17(15-24)14-22(21)26(23)20-6-4-3-5-7-20/h3-14,16H,1-2H3.